The lowest BCUT2D eigenvalue weighted by atomic mass is 9.78. The van der Waals surface area contributed by atoms with Gasteiger partial charge in [0.25, 0.3) is 5.91 Å². The molecular formula is C17H25N3O3S. The van der Waals surface area contributed by atoms with Crippen LogP contribution in [0.3, 0.4) is 0 Å². The highest BCUT2D eigenvalue weighted by molar-refractivity contribution is 7.89. The molecular weight excluding hydrogens is 326 g/mol. The zero-order valence-electron chi connectivity index (χ0n) is 14.3. The van der Waals surface area contributed by atoms with Crippen molar-refractivity contribution >= 4 is 15.9 Å². The molecule has 0 saturated carbocycles. The Hall–Kier alpha value is -1.44. The van der Waals surface area contributed by atoms with Crippen molar-refractivity contribution in [3.63, 3.8) is 0 Å². The van der Waals surface area contributed by atoms with Gasteiger partial charge in [-0.1, -0.05) is 0 Å². The molecule has 2 heterocycles. The molecule has 0 atom stereocenters. The van der Waals surface area contributed by atoms with Crippen molar-refractivity contribution in [1.29, 1.82) is 0 Å². The Morgan fingerprint density at radius 1 is 1.21 bits per heavy atom. The number of aryl methyl sites for hydroxylation is 1. The maximum atomic E-state index is 12.8. The molecule has 1 spiro atoms. The second kappa shape index (κ2) is 6.13. The third kappa shape index (κ3) is 3.20. The van der Waals surface area contributed by atoms with Gasteiger partial charge in [0.1, 0.15) is 0 Å². The zero-order chi connectivity index (χ0) is 17.5. The van der Waals surface area contributed by atoms with Crippen LogP contribution < -0.4 is 10.5 Å². The normalized spacial score (nSPS) is 20.5. The summed E-state index contributed by atoms with van der Waals surface area (Å²) in [5.74, 6) is -0.108. The van der Waals surface area contributed by atoms with Gasteiger partial charge in [0.15, 0.2) is 0 Å². The number of likely N-dealkylation sites (tertiary alicyclic amines) is 1. The quantitative estimate of drug-likeness (QED) is 0.836. The van der Waals surface area contributed by atoms with E-state index in [1.165, 1.54) is 12.5 Å². The third-order valence-electron chi connectivity index (χ3n) is 5.62. The highest BCUT2D eigenvalue weighted by atomic mass is 32.2. The summed E-state index contributed by atoms with van der Waals surface area (Å²) in [6.45, 7) is 7.05. The number of sulfonamides is 1. The van der Waals surface area contributed by atoms with Gasteiger partial charge >= 0.3 is 0 Å². The maximum Gasteiger partial charge on any atom is 0.253 e. The number of hydrogen-bond acceptors (Lipinski definition) is 4. The SMILES string of the molecule is Cc1cc(C(=O)N2CCC3(CCNC3)CC2)cc(S(N)(=O)=O)c1C. The van der Waals surface area contributed by atoms with E-state index >= 15 is 0 Å². The Balaban J connectivity index is 1.82. The van der Waals surface area contributed by atoms with E-state index in [-0.39, 0.29) is 10.8 Å². The monoisotopic (exact) mass is 351 g/mol. The summed E-state index contributed by atoms with van der Waals surface area (Å²) in [6, 6.07) is 3.18. The minimum Gasteiger partial charge on any atom is -0.339 e. The summed E-state index contributed by atoms with van der Waals surface area (Å²) in [5, 5.41) is 8.71. The summed E-state index contributed by atoms with van der Waals surface area (Å²) in [4.78, 5) is 14.7. The van der Waals surface area contributed by atoms with Crippen LogP contribution in [-0.4, -0.2) is 45.4 Å². The molecule has 0 aliphatic carbocycles. The summed E-state index contributed by atoms with van der Waals surface area (Å²) < 4.78 is 23.5. The summed E-state index contributed by atoms with van der Waals surface area (Å²) in [7, 11) is -3.84. The minimum absolute atomic E-state index is 0.0410. The Labute approximate surface area is 143 Å². The van der Waals surface area contributed by atoms with Crippen molar-refractivity contribution < 1.29 is 13.2 Å². The van der Waals surface area contributed by atoms with Crippen LogP contribution in [0.1, 0.15) is 40.7 Å². The van der Waals surface area contributed by atoms with Crippen LogP contribution in [0, 0.1) is 19.3 Å². The largest absolute Gasteiger partial charge is 0.339 e. The number of carbonyl (C=O) groups is 1. The number of rotatable bonds is 2. The predicted octanol–water partition coefficient (Wildman–Crippen LogP) is 1.17. The first-order chi connectivity index (χ1) is 11.2. The van der Waals surface area contributed by atoms with Crippen molar-refractivity contribution in [3.05, 3.63) is 28.8 Å². The number of nitrogens with one attached hydrogen (secondary N) is 1. The van der Waals surface area contributed by atoms with Gasteiger partial charge in [0.2, 0.25) is 10.0 Å². The Bertz CT molecular complexity index is 758. The topological polar surface area (TPSA) is 92.5 Å². The van der Waals surface area contributed by atoms with E-state index in [9.17, 15) is 13.2 Å². The van der Waals surface area contributed by atoms with Crippen LogP contribution in [0.2, 0.25) is 0 Å². The lowest BCUT2D eigenvalue weighted by Crippen LogP contribution is -2.44. The van der Waals surface area contributed by atoms with Crippen LogP contribution in [0.25, 0.3) is 0 Å². The van der Waals surface area contributed by atoms with E-state index in [1.54, 1.807) is 19.9 Å². The van der Waals surface area contributed by atoms with Crippen molar-refractivity contribution in [1.82, 2.24) is 10.2 Å². The van der Waals surface area contributed by atoms with Crippen molar-refractivity contribution in [3.8, 4) is 0 Å². The van der Waals surface area contributed by atoms with Crippen LogP contribution in [0.5, 0.6) is 0 Å². The zero-order valence-corrected chi connectivity index (χ0v) is 15.1. The number of amides is 1. The van der Waals surface area contributed by atoms with Crippen molar-refractivity contribution in [2.75, 3.05) is 26.2 Å². The number of nitrogens with zero attached hydrogens (tertiary/aromatic N) is 1. The van der Waals surface area contributed by atoms with Gasteiger partial charge in [-0.3, -0.25) is 4.79 Å². The fourth-order valence-electron chi connectivity index (χ4n) is 3.83. The number of benzene rings is 1. The molecule has 132 valence electrons. The highest BCUT2D eigenvalue weighted by Crippen LogP contribution is 2.37. The first kappa shape index (κ1) is 17.4. The van der Waals surface area contributed by atoms with Gasteiger partial charge in [0.05, 0.1) is 4.90 Å². The van der Waals surface area contributed by atoms with Gasteiger partial charge in [-0.15, -0.1) is 0 Å². The molecule has 0 unspecified atom stereocenters. The van der Waals surface area contributed by atoms with E-state index < -0.39 is 10.0 Å². The number of hydrogen-bond donors (Lipinski definition) is 2. The fourth-order valence-corrected chi connectivity index (χ4v) is 4.71. The Morgan fingerprint density at radius 3 is 2.42 bits per heavy atom. The number of nitrogens with two attached hydrogens (primary N) is 1. The average molecular weight is 351 g/mol. The standard InChI is InChI=1S/C17H25N3O3S/c1-12-9-14(10-15(13(12)2)24(18,22)23)16(21)20-7-4-17(5-8-20)3-6-19-11-17/h9-10,19H,3-8,11H2,1-2H3,(H2,18,22,23). The molecule has 2 saturated heterocycles. The molecule has 0 bridgehead atoms. The second-order valence-corrected chi connectivity index (χ2v) is 8.71. The Kier molecular flexibility index (Phi) is 4.44. The van der Waals surface area contributed by atoms with Gasteiger partial charge < -0.3 is 10.2 Å². The Morgan fingerprint density at radius 2 is 1.88 bits per heavy atom. The molecule has 3 rings (SSSR count). The van der Waals surface area contributed by atoms with Gasteiger partial charge in [-0.05, 0) is 68.3 Å². The van der Waals surface area contributed by atoms with Crippen molar-refractivity contribution in [2.24, 2.45) is 10.6 Å². The first-order valence-corrected chi connectivity index (χ1v) is 9.91. The number of piperidine rings is 1. The first-order valence-electron chi connectivity index (χ1n) is 8.36. The molecule has 1 aromatic rings. The molecule has 2 aliphatic heterocycles. The summed E-state index contributed by atoms with van der Waals surface area (Å²) in [6.07, 6.45) is 3.17. The number of carbonyl (C=O) groups excluding carboxylic acids is 1. The molecule has 0 aromatic heterocycles. The lowest BCUT2D eigenvalue weighted by molar-refractivity contribution is 0.0607. The molecule has 0 radical (unpaired) electrons. The smallest absolute Gasteiger partial charge is 0.253 e. The van der Waals surface area contributed by atoms with E-state index in [1.807, 2.05) is 4.90 Å². The van der Waals surface area contributed by atoms with Gasteiger partial charge in [-0.25, -0.2) is 13.6 Å². The molecule has 1 aromatic carbocycles. The van der Waals surface area contributed by atoms with Crippen LogP contribution >= 0.6 is 0 Å². The molecule has 2 aliphatic rings. The van der Waals surface area contributed by atoms with Gasteiger partial charge in [0, 0.05) is 25.2 Å². The highest BCUT2D eigenvalue weighted by Gasteiger charge is 2.38. The lowest BCUT2D eigenvalue weighted by Gasteiger charge is -2.39. The molecule has 24 heavy (non-hydrogen) atoms. The van der Waals surface area contributed by atoms with E-state index in [0.717, 1.165) is 44.6 Å². The predicted molar refractivity (Wildman–Crippen MR) is 92.3 cm³/mol. The molecule has 3 N–H and O–H groups in total. The third-order valence-corrected chi connectivity index (χ3v) is 6.65. The van der Waals surface area contributed by atoms with Crippen LogP contribution in [-0.2, 0) is 10.0 Å². The molecule has 1 amide bonds. The van der Waals surface area contributed by atoms with Crippen LogP contribution in [0.15, 0.2) is 17.0 Å². The van der Waals surface area contributed by atoms with Gasteiger partial charge in [-0.2, -0.15) is 0 Å². The summed E-state index contributed by atoms with van der Waals surface area (Å²) >= 11 is 0. The number of primary sulfonamides is 1. The molecule has 6 nitrogen and oxygen atoms in total. The van der Waals surface area contributed by atoms with E-state index in [4.69, 9.17) is 5.14 Å². The summed E-state index contributed by atoms with van der Waals surface area (Å²) in [5.41, 5.74) is 2.11. The fraction of sp³-hybridized carbons (Fsp3) is 0.588. The minimum atomic E-state index is -3.84. The second-order valence-electron chi connectivity index (χ2n) is 7.18. The molecule has 2 fully saturated rings. The van der Waals surface area contributed by atoms with Crippen LogP contribution in [0.4, 0.5) is 0 Å². The average Bonchev–Trinajstić information content (AvgIpc) is 2.97. The maximum absolute atomic E-state index is 12.8. The van der Waals surface area contributed by atoms with E-state index in [0.29, 0.717) is 16.5 Å². The van der Waals surface area contributed by atoms with E-state index in [2.05, 4.69) is 5.32 Å². The molecule has 7 heteroatoms. The van der Waals surface area contributed by atoms with Crippen molar-refractivity contribution in [2.45, 2.75) is 38.0 Å².